The number of hydrogen-bond acceptors (Lipinski definition) is 3. The van der Waals surface area contributed by atoms with Crippen molar-refractivity contribution in [3.8, 4) is 5.69 Å². The maximum absolute atomic E-state index is 15.8. The molecule has 0 unspecified atom stereocenters. The van der Waals surface area contributed by atoms with Gasteiger partial charge in [0.1, 0.15) is 0 Å². The summed E-state index contributed by atoms with van der Waals surface area (Å²) in [5.41, 5.74) is 2.68. The Kier molecular flexibility index (Phi) is 10.0. The first-order chi connectivity index (χ1) is 29.9. The molecular formula is C54H40NO3P3. The van der Waals surface area contributed by atoms with E-state index in [1.54, 1.807) is 0 Å². The highest BCUT2D eigenvalue weighted by Gasteiger charge is 2.33. The minimum absolute atomic E-state index is 0.707. The van der Waals surface area contributed by atoms with Crippen molar-refractivity contribution in [2.45, 2.75) is 0 Å². The standard InChI is InChI=1S/C54H40NO3P3/c56-59(42-19-7-1-8-20-42,43-21-9-2-10-22-43)48-33-31-41(32-34-48)55-53-37-35-49(60(57,44-23-11-3-12-24-44)45-25-13-4-14-26-45)39-51(53)52-40-50(36-38-54(52)55)61(58,46-27-15-5-16-28-46)47-29-17-6-18-30-47/h1-40H. The minimum atomic E-state index is -3.34. The summed E-state index contributed by atoms with van der Waals surface area (Å²) >= 11 is 0. The average molecular weight is 844 g/mol. The zero-order valence-corrected chi connectivity index (χ0v) is 35.8. The fourth-order valence-corrected chi connectivity index (χ4v) is 16.6. The van der Waals surface area contributed by atoms with Crippen molar-refractivity contribution in [3.05, 3.63) is 243 Å². The molecule has 0 spiro atoms. The monoisotopic (exact) mass is 843 g/mol. The summed E-state index contributed by atoms with van der Waals surface area (Å²) in [5.74, 6) is 0. The van der Waals surface area contributed by atoms with Crippen LogP contribution in [0.4, 0.5) is 0 Å². The van der Waals surface area contributed by atoms with Crippen LogP contribution in [0, 0.1) is 0 Å². The highest BCUT2D eigenvalue weighted by Crippen LogP contribution is 2.47. The predicted molar refractivity (Wildman–Crippen MR) is 259 cm³/mol. The second-order valence-corrected chi connectivity index (χ2v) is 23.4. The Bertz CT molecular complexity index is 3020. The van der Waals surface area contributed by atoms with Crippen LogP contribution in [0.15, 0.2) is 243 Å². The van der Waals surface area contributed by atoms with E-state index < -0.39 is 21.4 Å². The Morgan fingerprint density at radius 1 is 0.246 bits per heavy atom. The fraction of sp³-hybridized carbons (Fsp3) is 0. The van der Waals surface area contributed by atoms with Crippen molar-refractivity contribution in [2.75, 3.05) is 0 Å². The van der Waals surface area contributed by atoms with E-state index in [1.807, 2.05) is 218 Å². The first-order valence-electron chi connectivity index (χ1n) is 20.2. The lowest BCUT2D eigenvalue weighted by Gasteiger charge is -2.21. The second kappa shape index (κ2) is 15.8. The normalized spacial score (nSPS) is 12.1. The average Bonchev–Trinajstić information content (AvgIpc) is 3.68. The summed E-state index contributed by atoms with van der Waals surface area (Å²) in [6.07, 6.45) is 0. The Labute approximate surface area is 355 Å². The molecule has 0 aliphatic carbocycles. The van der Waals surface area contributed by atoms with Gasteiger partial charge in [-0.15, -0.1) is 0 Å². The number of fused-ring (bicyclic) bond motifs is 3. The number of hydrogen-bond donors (Lipinski definition) is 0. The largest absolute Gasteiger partial charge is 0.309 e. The van der Waals surface area contributed by atoms with E-state index in [4.69, 9.17) is 0 Å². The lowest BCUT2D eigenvalue weighted by Crippen LogP contribution is -2.25. The first kappa shape index (κ1) is 38.7. The van der Waals surface area contributed by atoms with Gasteiger partial charge < -0.3 is 18.3 Å². The maximum atomic E-state index is 15.8. The van der Waals surface area contributed by atoms with E-state index in [0.29, 0.717) is 10.6 Å². The van der Waals surface area contributed by atoms with Crippen molar-refractivity contribution >= 4 is 91.0 Å². The van der Waals surface area contributed by atoms with Gasteiger partial charge in [-0.05, 0) is 60.7 Å². The van der Waals surface area contributed by atoms with E-state index in [-0.39, 0.29) is 0 Å². The van der Waals surface area contributed by atoms with E-state index in [0.717, 1.165) is 64.6 Å². The third-order valence-corrected chi connectivity index (χ3v) is 20.8. The Morgan fingerprint density at radius 3 is 0.754 bits per heavy atom. The topological polar surface area (TPSA) is 56.1 Å². The number of aromatic nitrogens is 1. The second-order valence-electron chi connectivity index (χ2n) is 15.1. The Balaban J connectivity index is 1.22. The molecule has 10 rings (SSSR count). The molecule has 294 valence electrons. The van der Waals surface area contributed by atoms with Crippen LogP contribution in [0.25, 0.3) is 27.5 Å². The van der Waals surface area contributed by atoms with Crippen molar-refractivity contribution in [2.24, 2.45) is 0 Å². The van der Waals surface area contributed by atoms with Crippen LogP contribution in [0.3, 0.4) is 0 Å². The molecule has 0 aliphatic heterocycles. The van der Waals surface area contributed by atoms with Gasteiger partial charge in [-0.1, -0.05) is 182 Å². The molecule has 7 heteroatoms. The van der Waals surface area contributed by atoms with E-state index >= 15 is 13.7 Å². The molecule has 0 N–H and O–H groups in total. The highest BCUT2D eigenvalue weighted by atomic mass is 31.2. The van der Waals surface area contributed by atoms with E-state index in [9.17, 15) is 0 Å². The Hall–Kier alpha value is -6.53. The van der Waals surface area contributed by atoms with Gasteiger partial charge in [0.15, 0.2) is 21.4 Å². The summed E-state index contributed by atoms with van der Waals surface area (Å²) in [4.78, 5) is 0. The number of rotatable bonds is 10. The van der Waals surface area contributed by atoms with Crippen molar-refractivity contribution < 1.29 is 13.7 Å². The van der Waals surface area contributed by atoms with Gasteiger partial charge in [0.2, 0.25) is 0 Å². The van der Waals surface area contributed by atoms with Crippen LogP contribution in [-0.4, -0.2) is 4.57 Å². The summed E-state index contributed by atoms with van der Waals surface area (Å²) < 4.78 is 49.0. The maximum Gasteiger partial charge on any atom is 0.171 e. The fourth-order valence-electron chi connectivity index (χ4n) is 8.65. The molecule has 4 nitrogen and oxygen atoms in total. The van der Waals surface area contributed by atoms with Crippen molar-refractivity contribution in [1.82, 2.24) is 4.57 Å². The van der Waals surface area contributed by atoms with Gasteiger partial charge in [0, 0.05) is 64.2 Å². The SMILES string of the molecule is O=P(c1ccccc1)(c1ccccc1)c1ccc(-n2c3ccc(P(=O)(c4ccccc4)c4ccccc4)cc3c3cc(P(=O)(c4ccccc4)c4ccccc4)ccc32)cc1. The lowest BCUT2D eigenvalue weighted by molar-refractivity contribution is 0.591. The molecule has 0 bridgehead atoms. The molecule has 0 fully saturated rings. The minimum Gasteiger partial charge on any atom is -0.309 e. The quantitative estimate of drug-likeness (QED) is 0.129. The summed E-state index contributed by atoms with van der Waals surface area (Å²) in [6.45, 7) is 0. The molecule has 0 atom stereocenters. The summed E-state index contributed by atoms with van der Waals surface area (Å²) in [5, 5.41) is 8.46. The van der Waals surface area contributed by atoms with Crippen LogP contribution in [0.5, 0.6) is 0 Å². The van der Waals surface area contributed by atoms with Crippen LogP contribution in [-0.2, 0) is 13.7 Å². The molecule has 1 heterocycles. The van der Waals surface area contributed by atoms with Crippen LogP contribution in [0.2, 0.25) is 0 Å². The first-order valence-corrected chi connectivity index (χ1v) is 25.4. The molecule has 9 aromatic carbocycles. The summed E-state index contributed by atoms with van der Waals surface area (Å²) in [7, 11) is -9.89. The van der Waals surface area contributed by atoms with E-state index in [1.165, 1.54) is 0 Å². The molecule has 0 saturated heterocycles. The van der Waals surface area contributed by atoms with Crippen LogP contribution in [0.1, 0.15) is 0 Å². The predicted octanol–water partition coefficient (Wildman–Crippen LogP) is 9.70. The molecule has 0 radical (unpaired) electrons. The molecule has 1 aromatic heterocycles. The molecule has 10 aromatic rings. The highest BCUT2D eigenvalue weighted by molar-refractivity contribution is 7.86. The van der Waals surface area contributed by atoms with Crippen molar-refractivity contribution in [3.63, 3.8) is 0 Å². The molecular weight excluding hydrogens is 804 g/mol. The van der Waals surface area contributed by atoms with E-state index in [2.05, 4.69) is 28.8 Å². The third kappa shape index (κ3) is 6.51. The molecule has 61 heavy (non-hydrogen) atoms. The van der Waals surface area contributed by atoms with Crippen LogP contribution >= 0.6 is 21.4 Å². The third-order valence-electron chi connectivity index (χ3n) is 11.6. The van der Waals surface area contributed by atoms with Gasteiger partial charge in [-0.25, -0.2) is 0 Å². The number of nitrogens with zero attached hydrogens (tertiary/aromatic N) is 1. The number of benzene rings is 9. The smallest absolute Gasteiger partial charge is 0.171 e. The zero-order chi connectivity index (χ0) is 41.4. The van der Waals surface area contributed by atoms with Gasteiger partial charge >= 0.3 is 0 Å². The molecule has 0 amide bonds. The van der Waals surface area contributed by atoms with Gasteiger partial charge in [-0.3, -0.25) is 0 Å². The van der Waals surface area contributed by atoms with Gasteiger partial charge in [-0.2, -0.15) is 0 Å². The lowest BCUT2D eigenvalue weighted by atomic mass is 10.1. The zero-order valence-electron chi connectivity index (χ0n) is 33.1. The van der Waals surface area contributed by atoms with Gasteiger partial charge in [0.25, 0.3) is 0 Å². The van der Waals surface area contributed by atoms with Gasteiger partial charge in [0.05, 0.1) is 11.0 Å². The molecule has 0 aliphatic rings. The summed E-state index contributed by atoms with van der Waals surface area (Å²) in [6, 6.07) is 78.5. The van der Waals surface area contributed by atoms with Crippen molar-refractivity contribution in [1.29, 1.82) is 0 Å². The van der Waals surface area contributed by atoms with Crippen LogP contribution < -0.4 is 47.7 Å². The molecule has 0 saturated carbocycles. The Morgan fingerprint density at radius 2 is 0.475 bits per heavy atom.